The largest absolute Gasteiger partial charge is 0.481 e. The maximum absolute atomic E-state index is 12.8. The molecule has 2 fully saturated rings. The number of aliphatic carboxylic acids is 1. The summed E-state index contributed by atoms with van der Waals surface area (Å²) in [5, 5.41) is 20.7. The van der Waals surface area contributed by atoms with Crippen LogP contribution in [0, 0.1) is 22.0 Å². The number of piperidine rings is 1. The lowest BCUT2D eigenvalue weighted by Gasteiger charge is -2.35. The van der Waals surface area contributed by atoms with E-state index in [9.17, 15) is 24.8 Å². The molecule has 1 aromatic rings. The number of carbonyl (C=O) groups excluding carboxylic acids is 1. The van der Waals surface area contributed by atoms with Crippen molar-refractivity contribution in [3.8, 4) is 0 Å². The van der Waals surface area contributed by atoms with Crippen LogP contribution in [0.3, 0.4) is 0 Å². The van der Waals surface area contributed by atoms with Crippen molar-refractivity contribution in [2.75, 3.05) is 19.7 Å². The number of carboxylic acids is 1. The van der Waals surface area contributed by atoms with E-state index in [1.807, 2.05) is 13.8 Å². The minimum atomic E-state index is -0.821. The van der Waals surface area contributed by atoms with Crippen molar-refractivity contribution < 1.29 is 24.4 Å². The number of hydrogen-bond donors (Lipinski definition) is 1. The number of benzene rings is 1. The Labute approximate surface area is 163 Å². The van der Waals surface area contributed by atoms with Crippen molar-refractivity contribution in [3.63, 3.8) is 0 Å². The summed E-state index contributed by atoms with van der Waals surface area (Å²) >= 11 is 0. The zero-order valence-electron chi connectivity index (χ0n) is 16.2. The van der Waals surface area contributed by atoms with Crippen molar-refractivity contribution >= 4 is 17.6 Å². The van der Waals surface area contributed by atoms with Gasteiger partial charge in [0, 0.05) is 36.9 Å². The lowest BCUT2D eigenvalue weighted by molar-refractivity contribution is -0.385. The predicted octanol–water partition coefficient (Wildman–Crippen LogP) is 3.06. The predicted molar refractivity (Wildman–Crippen MR) is 101 cm³/mol. The summed E-state index contributed by atoms with van der Waals surface area (Å²) in [6.07, 6.45) is 1.59. The Balaban J connectivity index is 1.68. The van der Waals surface area contributed by atoms with Gasteiger partial charge in [-0.25, -0.2) is 0 Å². The number of carboxylic acid groups (broad SMARTS) is 1. The molecule has 1 aromatic carbocycles. The van der Waals surface area contributed by atoms with E-state index in [0.29, 0.717) is 50.1 Å². The molecule has 1 unspecified atom stereocenters. The highest BCUT2D eigenvalue weighted by Crippen LogP contribution is 2.34. The second-order valence-electron chi connectivity index (χ2n) is 7.88. The molecule has 8 heteroatoms. The fourth-order valence-corrected chi connectivity index (χ4v) is 4.28. The van der Waals surface area contributed by atoms with Crippen LogP contribution >= 0.6 is 0 Å². The van der Waals surface area contributed by atoms with Crippen LogP contribution in [0.25, 0.3) is 0 Å². The second kappa shape index (κ2) is 8.26. The number of likely N-dealkylation sites (tertiary alicyclic amines) is 1. The highest BCUT2D eigenvalue weighted by atomic mass is 16.6. The van der Waals surface area contributed by atoms with Crippen LogP contribution in [0.4, 0.5) is 5.69 Å². The zero-order valence-corrected chi connectivity index (χ0v) is 16.2. The summed E-state index contributed by atoms with van der Waals surface area (Å²) < 4.78 is 5.67. The van der Waals surface area contributed by atoms with E-state index in [1.165, 1.54) is 6.07 Å². The SMILES string of the molecule is CC(C)c1ccc(C(=O)N2CCC([C@@H]3OCCC3C(=O)O)CC2)cc1[N+](=O)[O-]. The third-order valence-electron chi connectivity index (χ3n) is 5.84. The second-order valence-corrected chi connectivity index (χ2v) is 7.88. The first-order chi connectivity index (χ1) is 13.3. The number of amides is 1. The van der Waals surface area contributed by atoms with Crippen LogP contribution in [-0.4, -0.2) is 52.6 Å². The molecule has 0 radical (unpaired) electrons. The maximum Gasteiger partial charge on any atom is 0.309 e. The van der Waals surface area contributed by atoms with Crippen LogP contribution in [-0.2, 0) is 9.53 Å². The Hall–Kier alpha value is -2.48. The van der Waals surface area contributed by atoms with E-state index >= 15 is 0 Å². The molecule has 1 amide bonds. The molecule has 2 aliphatic heterocycles. The molecule has 2 saturated heterocycles. The van der Waals surface area contributed by atoms with Crippen LogP contribution in [0.15, 0.2) is 18.2 Å². The van der Waals surface area contributed by atoms with E-state index in [2.05, 4.69) is 0 Å². The topological polar surface area (TPSA) is 110 Å². The maximum atomic E-state index is 12.8. The molecule has 0 bridgehead atoms. The van der Waals surface area contributed by atoms with Gasteiger partial charge in [-0.05, 0) is 37.2 Å². The Kier molecular flexibility index (Phi) is 5.98. The average Bonchev–Trinajstić information content (AvgIpc) is 3.17. The standard InChI is InChI=1S/C20H26N2O6/c1-12(2)15-4-3-14(11-17(15)22(26)27)19(23)21-8-5-13(6-9-21)18-16(20(24)25)7-10-28-18/h3-4,11-13,16,18H,5-10H2,1-2H3,(H,24,25)/t16?,18-/m0/s1. The minimum Gasteiger partial charge on any atom is -0.481 e. The molecule has 0 aromatic heterocycles. The Morgan fingerprint density at radius 1 is 1.25 bits per heavy atom. The number of nitrogens with zero attached hydrogens (tertiary/aromatic N) is 2. The molecule has 8 nitrogen and oxygen atoms in total. The van der Waals surface area contributed by atoms with Crippen molar-refractivity contribution in [2.45, 2.75) is 45.1 Å². The van der Waals surface area contributed by atoms with Gasteiger partial charge in [0.25, 0.3) is 11.6 Å². The number of hydrogen-bond acceptors (Lipinski definition) is 5. The van der Waals surface area contributed by atoms with Crippen LogP contribution in [0.2, 0.25) is 0 Å². The molecular weight excluding hydrogens is 364 g/mol. The number of ether oxygens (including phenoxy) is 1. The summed E-state index contributed by atoms with van der Waals surface area (Å²) in [6, 6.07) is 4.67. The molecule has 3 rings (SSSR count). The quantitative estimate of drug-likeness (QED) is 0.611. The van der Waals surface area contributed by atoms with Gasteiger partial charge >= 0.3 is 5.97 Å². The third kappa shape index (κ3) is 4.01. The normalized spacial score (nSPS) is 23.2. The third-order valence-corrected chi connectivity index (χ3v) is 5.84. The average molecular weight is 390 g/mol. The zero-order chi connectivity index (χ0) is 20.4. The Morgan fingerprint density at radius 3 is 2.50 bits per heavy atom. The number of nitro groups is 1. The lowest BCUT2D eigenvalue weighted by Crippen LogP contribution is -2.43. The first-order valence-corrected chi connectivity index (χ1v) is 9.71. The molecule has 2 heterocycles. The van der Waals surface area contributed by atoms with Gasteiger partial charge in [-0.2, -0.15) is 0 Å². The summed E-state index contributed by atoms with van der Waals surface area (Å²) in [6.45, 7) is 5.21. The lowest BCUT2D eigenvalue weighted by atomic mass is 9.84. The van der Waals surface area contributed by atoms with Crippen LogP contribution in [0.1, 0.15) is 54.9 Å². The monoisotopic (exact) mass is 390 g/mol. The highest BCUT2D eigenvalue weighted by Gasteiger charge is 2.41. The fraction of sp³-hybridized carbons (Fsp3) is 0.600. The molecule has 1 N–H and O–H groups in total. The molecule has 28 heavy (non-hydrogen) atoms. The van der Waals surface area contributed by atoms with Crippen LogP contribution < -0.4 is 0 Å². The number of carbonyl (C=O) groups is 2. The molecule has 0 aliphatic carbocycles. The molecular formula is C20H26N2O6. The number of nitro benzene ring substituents is 1. The fourth-order valence-electron chi connectivity index (χ4n) is 4.28. The van der Waals surface area contributed by atoms with Gasteiger partial charge in [0.05, 0.1) is 16.9 Å². The first kappa shape index (κ1) is 20.3. The van der Waals surface area contributed by atoms with E-state index in [-0.39, 0.29) is 29.5 Å². The van der Waals surface area contributed by atoms with Gasteiger partial charge in [-0.3, -0.25) is 19.7 Å². The van der Waals surface area contributed by atoms with Gasteiger partial charge < -0.3 is 14.7 Å². The minimum absolute atomic E-state index is 0.00566. The van der Waals surface area contributed by atoms with E-state index < -0.39 is 16.8 Å². The summed E-state index contributed by atoms with van der Waals surface area (Å²) in [5.41, 5.74) is 0.896. The summed E-state index contributed by atoms with van der Waals surface area (Å²) in [7, 11) is 0. The molecule has 0 saturated carbocycles. The van der Waals surface area contributed by atoms with Crippen molar-refractivity contribution in [2.24, 2.45) is 11.8 Å². The Bertz CT molecular complexity index is 770. The van der Waals surface area contributed by atoms with Gasteiger partial charge in [-0.15, -0.1) is 0 Å². The molecule has 152 valence electrons. The smallest absolute Gasteiger partial charge is 0.309 e. The summed E-state index contributed by atoms with van der Waals surface area (Å²) in [4.78, 5) is 36.8. The van der Waals surface area contributed by atoms with E-state index in [0.717, 1.165) is 0 Å². The molecule has 0 spiro atoms. The first-order valence-electron chi connectivity index (χ1n) is 9.71. The van der Waals surface area contributed by atoms with Gasteiger partial charge in [0.1, 0.15) is 0 Å². The van der Waals surface area contributed by atoms with E-state index in [4.69, 9.17) is 4.74 Å². The Morgan fingerprint density at radius 2 is 1.93 bits per heavy atom. The molecule has 2 aliphatic rings. The highest BCUT2D eigenvalue weighted by molar-refractivity contribution is 5.95. The molecule has 2 atom stereocenters. The van der Waals surface area contributed by atoms with Gasteiger partial charge in [-0.1, -0.05) is 19.9 Å². The van der Waals surface area contributed by atoms with E-state index in [1.54, 1.807) is 17.0 Å². The van der Waals surface area contributed by atoms with Crippen molar-refractivity contribution in [3.05, 3.63) is 39.4 Å². The van der Waals surface area contributed by atoms with Crippen molar-refractivity contribution in [1.82, 2.24) is 4.90 Å². The van der Waals surface area contributed by atoms with Crippen molar-refractivity contribution in [1.29, 1.82) is 0 Å². The van der Waals surface area contributed by atoms with Gasteiger partial charge in [0.2, 0.25) is 0 Å². The van der Waals surface area contributed by atoms with Gasteiger partial charge in [0.15, 0.2) is 0 Å². The number of rotatable bonds is 5. The summed E-state index contributed by atoms with van der Waals surface area (Å²) in [5.74, 6) is -1.41. The van der Waals surface area contributed by atoms with Crippen LogP contribution in [0.5, 0.6) is 0 Å².